The Labute approximate surface area is 128 Å². The lowest BCUT2D eigenvalue weighted by molar-refractivity contribution is -0.384. The molecule has 1 aromatic carbocycles. The summed E-state index contributed by atoms with van der Waals surface area (Å²) in [7, 11) is 0. The molecule has 0 heterocycles. The number of nitrogens with zero attached hydrogens (tertiary/aromatic N) is 2. The van der Waals surface area contributed by atoms with Crippen LogP contribution >= 0.6 is 0 Å². The van der Waals surface area contributed by atoms with Gasteiger partial charge in [0.15, 0.2) is 0 Å². The second-order valence-corrected chi connectivity index (χ2v) is 7.37. The predicted molar refractivity (Wildman–Crippen MR) is 83.1 cm³/mol. The zero-order chi connectivity index (χ0) is 15.3. The fourth-order valence-electron chi connectivity index (χ4n) is 5.37. The van der Waals surface area contributed by atoms with Crippen molar-refractivity contribution in [3.63, 3.8) is 0 Å². The summed E-state index contributed by atoms with van der Waals surface area (Å²) >= 11 is 0. The van der Waals surface area contributed by atoms with E-state index in [-0.39, 0.29) is 16.9 Å². The summed E-state index contributed by atoms with van der Waals surface area (Å²) in [5, 5.41) is 17.5. The third-order valence-corrected chi connectivity index (χ3v) is 5.73. The van der Waals surface area contributed by atoms with Crippen LogP contribution in [0.25, 0.3) is 0 Å². The number of nitroso groups, excluding NO2 is 1. The van der Waals surface area contributed by atoms with Crippen LogP contribution in [-0.4, -0.2) is 10.5 Å². The smallest absolute Gasteiger partial charge is 0.271 e. The first-order chi connectivity index (χ1) is 10.6. The predicted octanol–water partition coefficient (Wildman–Crippen LogP) is 4.37. The van der Waals surface area contributed by atoms with Crippen LogP contribution in [-0.2, 0) is 0 Å². The van der Waals surface area contributed by atoms with Crippen molar-refractivity contribution in [2.45, 2.75) is 44.1 Å². The van der Waals surface area contributed by atoms with Crippen LogP contribution in [0.5, 0.6) is 0 Å². The number of rotatable bonds is 4. The van der Waals surface area contributed by atoms with Crippen molar-refractivity contribution >= 4 is 17.1 Å². The normalized spacial score (nSPS) is 35.4. The average molecular weight is 301 g/mol. The summed E-state index contributed by atoms with van der Waals surface area (Å²) < 4.78 is 0. The quantitative estimate of drug-likeness (QED) is 0.508. The lowest BCUT2D eigenvalue weighted by atomic mass is 9.53. The zero-order valence-electron chi connectivity index (χ0n) is 12.3. The molecule has 4 bridgehead atoms. The van der Waals surface area contributed by atoms with Crippen molar-refractivity contribution in [1.82, 2.24) is 0 Å². The average Bonchev–Trinajstić information content (AvgIpc) is 2.45. The van der Waals surface area contributed by atoms with Gasteiger partial charge >= 0.3 is 0 Å². The molecule has 0 atom stereocenters. The Kier molecular flexibility index (Phi) is 2.96. The Morgan fingerprint density at radius 2 is 1.73 bits per heavy atom. The largest absolute Gasteiger partial charge is 0.378 e. The minimum atomic E-state index is -0.431. The first-order valence-electron chi connectivity index (χ1n) is 7.97. The molecule has 0 aliphatic heterocycles. The summed E-state index contributed by atoms with van der Waals surface area (Å²) in [5.41, 5.74) is 0.788. The molecule has 0 saturated heterocycles. The van der Waals surface area contributed by atoms with Gasteiger partial charge in [-0.25, -0.2) is 0 Å². The van der Waals surface area contributed by atoms with E-state index in [0.717, 1.165) is 37.0 Å². The van der Waals surface area contributed by atoms with Crippen molar-refractivity contribution in [1.29, 1.82) is 0 Å². The van der Waals surface area contributed by atoms with Crippen LogP contribution in [0.2, 0.25) is 0 Å². The fourth-order valence-corrected chi connectivity index (χ4v) is 5.37. The Morgan fingerprint density at radius 1 is 1.14 bits per heavy atom. The van der Waals surface area contributed by atoms with E-state index >= 15 is 0 Å². The van der Waals surface area contributed by atoms with Gasteiger partial charge in [-0.2, -0.15) is 0 Å². The van der Waals surface area contributed by atoms with Gasteiger partial charge in [-0.3, -0.25) is 10.1 Å². The molecule has 116 valence electrons. The van der Waals surface area contributed by atoms with Crippen LogP contribution in [0.3, 0.4) is 0 Å². The van der Waals surface area contributed by atoms with Crippen molar-refractivity contribution < 1.29 is 4.92 Å². The Balaban J connectivity index is 1.67. The molecular formula is C16H19N3O3. The van der Waals surface area contributed by atoms with E-state index in [0.29, 0.717) is 5.69 Å². The minimum Gasteiger partial charge on any atom is -0.378 e. The van der Waals surface area contributed by atoms with Crippen molar-refractivity contribution in [3.05, 3.63) is 33.2 Å². The Bertz CT molecular complexity index is 608. The van der Waals surface area contributed by atoms with Crippen LogP contribution < -0.4 is 5.32 Å². The Hall–Kier alpha value is -1.98. The molecule has 0 spiro atoms. The van der Waals surface area contributed by atoms with Gasteiger partial charge in [0.1, 0.15) is 5.69 Å². The summed E-state index contributed by atoms with van der Waals surface area (Å²) in [6.07, 6.45) is 7.32. The Morgan fingerprint density at radius 3 is 2.23 bits per heavy atom. The summed E-state index contributed by atoms with van der Waals surface area (Å²) in [6.45, 7) is 0. The first-order valence-corrected chi connectivity index (χ1v) is 7.97. The molecule has 22 heavy (non-hydrogen) atoms. The van der Waals surface area contributed by atoms with Gasteiger partial charge in [0.25, 0.3) is 5.69 Å². The highest BCUT2D eigenvalue weighted by molar-refractivity contribution is 5.70. The summed E-state index contributed by atoms with van der Waals surface area (Å²) in [4.78, 5) is 21.6. The number of anilines is 1. The monoisotopic (exact) mass is 301 g/mol. The highest BCUT2D eigenvalue weighted by Crippen LogP contribution is 2.57. The van der Waals surface area contributed by atoms with Crippen LogP contribution in [0, 0.1) is 32.8 Å². The molecule has 0 amide bonds. The topological polar surface area (TPSA) is 84.6 Å². The maximum atomic E-state index is 11.0. The molecule has 4 saturated carbocycles. The molecule has 1 N–H and O–H groups in total. The lowest BCUT2D eigenvalue weighted by Gasteiger charge is -2.57. The van der Waals surface area contributed by atoms with Crippen molar-refractivity contribution in [2.24, 2.45) is 22.9 Å². The molecule has 0 aromatic heterocycles. The SMILES string of the molecule is O=Nc1ccc([N+](=O)[O-])cc1NC12CC3CC(CC(C3)C1)C2. The van der Waals surface area contributed by atoms with Gasteiger partial charge in [0.2, 0.25) is 0 Å². The number of nitro groups is 1. The number of non-ortho nitro benzene ring substituents is 1. The number of hydrogen-bond donors (Lipinski definition) is 1. The number of benzene rings is 1. The second-order valence-electron chi connectivity index (χ2n) is 7.37. The first kappa shape index (κ1) is 13.7. The van der Waals surface area contributed by atoms with E-state index in [4.69, 9.17) is 0 Å². The number of hydrogen-bond acceptors (Lipinski definition) is 5. The standard InChI is InChI=1S/C16H19N3O3/c20-18-14-2-1-13(19(21)22)6-15(14)17-16-7-10-3-11(8-16)5-12(4-10)9-16/h1-2,6,10-12,17H,3-5,7-9H2. The lowest BCUT2D eigenvalue weighted by Crippen LogP contribution is -2.54. The van der Waals surface area contributed by atoms with E-state index < -0.39 is 4.92 Å². The van der Waals surface area contributed by atoms with E-state index in [1.165, 1.54) is 37.5 Å². The summed E-state index contributed by atoms with van der Waals surface area (Å²) in [6, 6.07) is 4.23. The zero-order valence-corrected chi connectivity index (χ0v) is 12.3. The van der Waals surface area contributed by atoms with E-state index in [9.17, 15) is 15.0 Å². The van der Waals surface area contributed by atoms with E-state index in [2.05, 4.69) is 10.5 Å². The highest BCUT2D eigenvalue weighted by Gasteiger charge is 2.51. The van der Waals surface area contributed by atoms with Crippen molar-refractivity contribution in [3.8, 4) is 0 Å². The van der Waals surface area contributed by atoms with Crippen LogP contribution in [0.15, 0.2) is 23.4 Å². The third-order valence-electron chi connectivity index (χ3n) is 5.73. The molecule has 1 aromatic rings. The van der Waals surface area contributed by atoms with Gasteiger partial charge in [0.05, 0.1) is 10.6 Å². The van der Waals surface area contributed by atoms with Gasteiger partial charge in [-0.05, 0) is 67.5 Å². The van der Waals surface area contributed by atoms with Gasteiger partial charge in [-0.15, -0.1) is 4.91 Å². The summed E-state index contributed by atoms with van der Waals surface area (Å²) in [5.74, 6) is 2.31. The molecular weight excluding hydrogens is 282 g/mol. The highest BCUT2D eigenvalue weighted by atomic mass is 16.6. The second kappa shape index (κ2) is 4.76. The van der Waals surface area contributed by atoms with Gasteiger partial charge in [-0.1, -0.05) is 0 Å². The molecule has 4 fully saturated rings. The molecule has 4 aliphatic rings. The van der Waals surface area contributed by atoms with E-state index in [1.54, 1.807) is 0 Å². The third kappa shape index (κ3) is 2.17. The van der Waals surface area contributed by atoms with Crippen LogP contribution in [0.4, 0.5) is 17.1 Å². The van der Waals surface area contributed by atoms with E-state index in [1.807, 2.05) is 0 Å². The number of nitro benzene ring substituents is 1. The van der Waals surface area contributed by atoms with Gasteiger partial charge in [0, 0.05) is 17.7 Å². The maximum absolute atomic E-state index is 11.0. The number of nitrogens with one attached hydrogen (secondary N) is 1. The molecule has 0 radical (unpaired) electrons. The van der Waals surface area contributed by atoms with Crippen molar-refractivity contribution in [2.75, 3.05) is 5.32 Å². The van der Waals surface area contributed by atoms with Gasteiger partial charge < -0.3 is 5.32 Å². The minimum absolute atomic E-state index is 0.000344. The molecule has 6 heteroatoms. The maximum Gasteiger partial charge on any atom is 0.271 e. The molecule has 4 aliphatic carbocycles. The molecule has 0 unspecified atom stereocenters. The molecule has 6 nitrogen and oxygen atoms in total. The fraction of sp³-hybridized carbons (Fsp3) is 0.625. The van der Waals surface area contributed by atoms with Crippen LogP contribution in [0.1, 0.15) is 38.5 Å². The molecule has 5 rings (SSSR count).